The number of amides is 1. The van der Waals surface area contributed by atoms with Crippen molar-refractivity contribution in [2.45, 2.75) is 6.42 Å². The smallest absolute Gasteiger partial charge is 0.244 e. The van der Waals surface area contributed by atoms with Gasteiger partial charge >= 0.3 is 0 Å². The summed E-state index contributed by atoms with van der Waals surface area (Å²) in [5.74, 6) is 0.0119. The summed E-state index contributed by atoms with van der Waals surface area (Å²) in [6, 6.07) is 17.4. The number of nitrogens with zero attached hydrogens (tertiary/aromatic N) is 1. The van der Waals surface area contributed by atoms with Crippen LogP contribution in [0.5, 0.6) is 5.75 Å². The van der Waals surface area contributed by atoms with Crippen molar-refractivity contribution in [3.8, 4) is 5.75 Å². The van der Waals surface area contributed by atoms with Crippen LogP contribution in [0.25, 0.3) is 10.8 Å². The van der Waals surface area contributed by atoms with Crippen LogP contribution >= 0.6 is 38.5 Å². The second-order valence-corrected chi connectivity index (χ2v) is 7.46. The fourth-order valence-corrected chi connectivity index (χ4v) is 4.00. The van der Waals surface area contributed by atoms with E-state index >= 15 is 0 Å². The van der Waals surface area contributed by atoms with Crippen molar-refractivity contribution in [3.63, 3.8) is 0 Å². The van der Waals surface area contributed by atoms with Crippen LogP contribution in [0.2, 0.25) is 0 Å². The van der Waals surface area contributed by atoms with Crippen LogP contribution < -0.4 is 5.43 Å². The van der Waals surface area contributed by atoms with Crippen LogP contribution in [0.3, 0.4) is 0 Å². The fourth-order valence-electron chi connectivity index (χ4n) is 2.50. The van der Waals surface area contributed by atoms with Crippen molar-refractivity contribution in [2.75, 3.05) is 0 Å². The van der Waals surface area contributed by atoms with Crippen LogP contribution in [0.15, 0.2) is 64.2 Å². The lowest BCUT2D eigenvalue weighted by Crippen LogP contribution is -2.19. The summed E-state index contributed by atoms with van der Waals surface area (Å²) in [6.07, 6.45) is 1.81. The molecule has 1 amide bonds. The van der Waals surface area contributed by atoms with Gasteiger partial charge in [-0.2, -0.15) is 5.10 Å². The van der Waals surface area contributed by atoms with Gasteiger partial charge in [-0.15, -0.1) is 0 Å². The predicted octanol–water partition coefficient (Wildman–Crippen LogP) is 4.61. The first-order valence-corrected chi connectivity index (χ1v) is 9.38. The Hall–Kier alpha value is -1.93. The summed E-state index contributed by atoms with van der Waals surface area (Å²) in [6.45, 7) is 0. The van der Waals surface area contributed by atoms with E-state index in [9.17, 15) is 9.90 Å². The zero-order valence-corrected chi connectivity index (χ0v) is 16.8. The summed E-state index contributed by atoms with van der Waals surface area (Å²) in [7, 11) is 0. The minimum Gasteiger partial charge on any atom is -0.506 e. The molecule has 0 bridgehead atoms. The van der Waals surface area contributed by atoms with Crippen molar-refractivity contribution in [2.24, 2.45) is 5.10 Å². The lowest BCUT2D eigenvalue weighted by atomic mass is 10.0. The third kappa shape index (κ3) is 4.38. The number of nitrogens with one attached hydrogen (secondary N) is 1. The van der Waals surface area contributed by atoms with Gasteiger partial charge in [-0.1, -0.05) is 42.5 Å². The van der Waals surface area contributed by atoms with Crippen LogP contribution in [0.1, 0.15) is 11.1 Å². The van der Waals surface area contributed by atoms with Crippen LogP contribution in [-0.4, -0.2) is 17.2 Å². The number of hydrazone groups is 1. The molecular formula is C19H14BrIN2O2. The largest absolute Gasteiger partial charge is 0.506 e. The van der Waals surface area contributed by atoms with Crippen molar-refractivity contribution < 1.29 is 9.90 Å². The second-order valence-electron chi connectivity index (χ2n) is 5.44. The first kappa shape index (κ1) is 17.9. The molecule has 2 N–H and O–H groups in total. The summed E-state index contributed by atoms with van der Waals surface area (Å²) < 4.78 is 1.29. The number of phenolic OH excluding ortho intramolecular Hbond substituents is 1. The Kier molecular flexibility index (Phi) is 5.70. The summed E-state index contributed by atoms with van der Waals surface area (Å²) in [4.78, 5) is 12.2. The molecule has 0 saturated heterocycles. The summed E-state index contributed by atoms with van der Waals surface area (Å²) in [5, 5.41) is 15.9. The van der Waals surface area contributed by atoms with Gasteiger partial charge in [-0.3, -0.25) is 4.79 Å². The standard InChI is InChI=1S/C19H14BrIN2O2/c20-16-8-12(9-17(21)19(16)25)11-22-23-18(24)10-14-6-3-5-13-4-1-2-7-15(13)14/h1-9,11,25H,10H2,(H,23,24)/b22-11-. The minimum atomic E-state index is -0.180. The Balaban J connectivity index is 1.69. The van der Waals surface area contributed by atoms with E-state index in [1.807, 2.05) is 65.1 Å². The number of hydrogen-bond donors (Lipinski definition) is 2. The second kappa shape index (κ2) is 7.97. The van der Waals surface area contributed by atoms with Gasteiger partial charge in [-0.05, 0) is 72.6 Å². The van der Waals surface area contributed by atoms with E-state index in [-0.39, 0.29) is 18.1 Å². The molecule has 0 heterocycles. The van der Waals surface area contributed by atoms with E-state index in [1.165, 1.54) is 0 Å². The zero-order chi connectivity index (χ0) is 17.8. The Morgan fingerprint density at radius 2 is 1.96 bits per heavy atom. The molecule has 0 spiro atoms. The highest BCUT2D eigenvalue weighted by Crippen LogP contribution is 2.29. The average Bonchev–Trinajstić information content (AvgIpc) is 2.60. The summed E-state index contributed by atoms with van der Waals surface area (Å²) in [5.41, 5.74) is 4.29. The number of rotatable bonds is 4. The Bertz CT molecular complexity index is 944. The van der Waals surface area contributed by atoms with E-state index in [0.717, 1.165) is 21.9 Å². The number of carbonyl (C=O) groups excluding carboxylic acids is 1. The van der Waals surface area contributed by atoms with Crippen LogP contribution in [-0.2, 0) is 11.2 Å². The molecule has 4 nitrogen and oxygen atoms in total. The molecule has 0 fully saturated rings. The maximum absolute atomic E-state index is 12.2. The number of halogens is 2. The van der Waals surface area contributed by atoms with Gasteiger partial charge in [0.05, 0.1) is 20.7 Å². The molecule has 25 heavy (non-hydrogen) atoms. The maximum Gasteiger partial charge on any atom is 0.244 e. The third-order valence-electron chi connectivity index (χ3n) is 3.67. The fraction of sp³-hybridized carbons (Fsp3) is 0.0526. The number of aromatic hydroxyl groups is 1. The number of fused-ring (bicyclic) bond motifs is 1. The number of carbonyl (C=O) groups is 1. The molecule has 0 radical (unpaired) electrons. The van der Waals surface area contributed by atoms with Crippen LogP contribution in [0, 0.1) is 3.57 Å². The predicted molar refractivity (Wildman–Crippen MR) is 112 cm³/mol. The molecule has 0 saturated carbocycles. The third-order valence-corrected chi connectivity index (χ3v) is 5.10. The molecule has 0 atom stereocenters. The molecule has 126 valence electrons. The van der Waals surface area contributed by atoms with Crippen molar-refractivity contribution >= 4 is 61.4 Å². The quantitative estimate of drug-likeness (QED) is 0.307. The molecule has 3 aromatic rings. The van der Waals surface area contributed by atoms with Crippen LogP contribution in [0.4, 0.5) is 0 Å². The van der Waals surface area contributed by atoms with Gasteiger partial charge in [0.25, 0.3) is 0 Å². The first-order valence-electron chi connectivity index (χ1n) is 7.51. The normalized spacial score (nSPS) is 11.1. The molecule has 6 heteroatoms. The van der Waals surface area contributed by atoms with E-state index < -0.39 is 0 Å². The molecule has 0 aromatic heterocycles. The number of benzene rings is 3. The number of phenols is 1. The zero-order valence-electron chi connectivity index (χ0n) is 13.0. The molecule has 3 aromatic carbocycles. The van der Waals surface area contributed by atoms with Crippen molar-refractivity contribution in [3.05, 3.63) is 73.8 Å². The van der Waals surface area contributed by atoms with Gasteiger partial charge in [0, 0.05) is 0 Å². The van der Waals surface area contributed by atoms with Gasteiger partial charge in [0.2, 0.25) is 5.91 Å². The van der Waals surface area contributed by atoms with Gasteiger partial charge < -0.3 is 5.11 Å². The summed E-state index contributed by atoms with van der Waals surface area (Å²) >= 11 is 5.32. The lowest BCUT2D eigenvalue weighted by Gasteiger charge is -2.05. The monoisotopic (exact) mass is 508 g/mol. The van der Waals surface area contributed by atoms with Gasteiger partial charge in [0.15, 0.2) is 0 Å². The highest BCUT2D eigenvalue weighted by molar-refractivity contribution is 14.1. The molecular weight excluding hydrogens is 495 g/mol. The highest BCUT2D eigenvalue weighted by atomic mass is 127. The highest BCUT2D eigenvalue weighted by Gasteiger charge is 2.07. The average molecular weight is 509 g/mol. The Morgan fingerprint density at radius 3 is 2.76 bits per heavy atom. The first-order chi connectivity index (χ1) is 12.0. The SMILES string of the molecule is O=C(Cc1cccc2ccccc12)N/N=C\c1cc(Br)c(O)c(I)c1. The Labute approximate surface area is 167 Å². The van der Waals surface area contributed by atoms with E-state index in [2.05, 4.69) is 26.5 Å². The molecule has 0 aliphatic heterocycles. The topological polar surface area (TPSA) is 61.7 Å². The number of hydrogen-bond acceptors (Lipinski definition) is 3. The molecule has 0 aliphatic carbocycles. The molecule has 0 aliphatic rings. The van der Waals surface area contributed by atoms with E-state index in [4.69, 9.17) is 0 Å². The van der Waals surface area contributed by atoms with E-state index in [1.54, 1.807) is 18.3 Å². The van der Waals surface area contributed by atoms with E-state index in [0.29, 0.717) is 8.04 Å². The van der Waals surface area contributed by atoms with Crippen molar-refractivity contribution in [1.82, 2.24) is 5.43 Å². The minimum absolute atomic E-state index is 0.180. The van der Waals surface area contributed by atoms with Crippen molar-refractivity contribution in [1.29, 1.82) is 0 Å². The molecule has 0 unspecified atom stereocenters. The van der Waals surface area contributed by atoms with Gasteiger partial charge in [0.1, 0.15) is 5.75 Å². The molecule has 3 rings (SSSR count). The maximum atomic E-state index is 12.2. The lowest BCUT2D eigenvalue weighted by molar-refractivity contribution is -0.120. The Morgan fingerprint density at radius 1 is 1.20 bits per heavy atom. The van der Waals surface area contributed by atoms with Gasteiger partial charge in [-0.25, -0.2) is 5.43 Å².